The third-order valence-corrected chi connectivity index (χ3v) is 3.07. The Morgan fingerprint density at radius 3 is 2.74 bits per heavy atom. The van der Waals surface area contributed by atoms with Crippen molar-refractivity contribution in [1.29, 1.82) is 0 Å². The van der Waals surface area contributed by atoms with Crippen LogP contribution in [0.1, 0.15) is 24.5 Å². The quantitative estimate of drug-likeness (QED) is 0.381. The summed E-state index contributed by atoms with van der Waals surface area (Å²) in [5.74, 6) is 0.938. The fourth-order valence-electron chi connectivity index (χ4n) is 1.94. The molecule has 0 aliphatic rings. The zero-order valence-corrected chi connectivity index (χ0v) is 12.5. The SMILES string of the molecule is C/C=C/CCNC(=NC)N(C)Cc1ccccc1C. The third kappa shape index (κ3) is 5.16. The van der Waals surface area contributed by atoms with E-state index in [9.17, 15) is 0 Å². The first kappa shape index (κ1) is 15.3. The maximum absolute atomic E-state index is 4.32. The van der Waals surface area contributed by atoms with E-state index in [4.69, 9.17) is 0 Å². The van der Waals surface area contributed by atoms with Crippen LogP contribution in [0, 0.1) is 6.92 Å². The molecule has 1 aromatic carbocycles. The summed E-state index contributed by atoms with van der Waals surface area (Å²) in [6, 6.07) is 8.46. The molecule has 0 aliphatic carbocycles. The highest BCUT2D eigenvalue weighted by molar-refractivity contribution is 5.79. The van der Waals surface area contributed by atoms with Gasteiger partial charge in [0.05, 0.1) is 0 Å². The number of hydrogen-bond acceptors (Lipinski definition) is 1. The van der Waals surface area contributed by atoms with Crippen LogP contribution in [-0.2, 0) is 6.54 Å². The van der Waals surface area contributed by atoms with Gasteiger partial charge in [-0.3, -0.25) is 4.99 Å². The van der Waals surface area contributed by atoms with Crippen molar-refractivity contribution in [3.8, 4) is 0 Å². The Labute approximate surface area is 117 Å². The van der Waals surface area contributed by atoms with Crippen molar-refractivity contribution in [2.45, 2.75) is 26.8 Å². The van der Waals surface area contributed by atoms with E-state index < -0.39 is 0 Å². The molecular weight excluding hydrogens is 234 g/mol. The molecule has 19 heavy (non-hydrogen) atoms. The number of hydrogen-bond donors (Lipinski definition) is 1. The van der Waals surface area contributed by atoms with Gasteiger partial charge in [-0.15, -0.1) is 0 Å². The molecule has 0 unspecified atom stereocenters. The minimum absolute atomic E-state index is 0.871. The Morgan fingerprint density at radius 1 is 1.37 bits per heavy atom. The summed E-state index contributed by atoms with van der Waals surface area (Å²) in [7, 11) is 3.89. The first-order valence-electron chi connectivity index (χ1n) is 6.76. The number of nitrogens with one attached hydrogen (secondary N) is 1. The summed E-state index contributed by atoms with van der Waals surface area (Å²) in [6.07, 6.45) is 5.25. The lowest BCUT2D eigenvalue weighted by atomic mass is 10.1. The predicted octanol–water partition coefficient (Wildman–Crippen LogP) is 2.97. The molecule has 3 nitrogen and oxygen atoms in total. The van der Waals surface area contributed by atoms with Gasteiger partial charge < -0.3 is 10.2 Å². The Bertz CT molecular complexity index is 435. The van der Waals surface area contributed by atoms with Gasteiger partial charge in [0.15, 0.2) is 5.96 Å². The lowest BCUT2D eigenvalue weighted by molar-refractivity contribution is 0.476. The molecule has 1 N–H and O–H groups in total. The average molecular weight is 259 g/mol. The lowest BCUT2D eigenvalue weighted by Gasteiger charge is -2.22. The molecular formula is C16H25N3. The summed E-state index contributed by atoms with van der Waals surface area (Å²) in [6.45, 7) is 5.97. The zero-order valence-electron chi connectivity index (χ0n) is 12.5. The van der Waals surface area contributed by atoms with Crippen LogP contribution < -0.4 is 5.32 Å². The van der Waals surface area contributed by atoms with E-state index in [1.54, 1.807) is 0 Å². The summed E-state index contributed by atoms with van der Waals surface area (Å²) in [5, 5.41) is 3.37. The van der Waals surface area contributed by atoms with Gasteiger partial charge in [0.2, 0.25) is 0 Å². The molecule has 0 heterocycles. The van der Waals surface area contributed by atoms with Gasteiger partial charge >= 0.3 is 0 Å². The van der Waals surface area contributed by atoms with Crippen LogP contribution in [0.2, 0.25) is 0 Å². The average Bonchev–Trinajstić information content (AvgIpc) is 2.41. The second-order valence-electron chi connectivity index (χ2n) is 4.61. The first-order valence-corrected chi connectivity index (χ1v) is 6.76. The van der Waals surface area contributed by atoms with E-state index >= 15 is 0 Å². The Balaban J connectivity index is 2.55. The van der Waals surface area contributed by atoms with Crippen LogP contribution in [0.3, 0.4) is 0 Å². The Kier molecular flexibility index (Phi) is 6.72. The van der Waals surface area contributed by atoms with Crippen molar-refractivity contribution >= 4 is 5.96 Å². The smallest absolute Gasteiger partial charge is 0.193 e. The van der Waals surface area contributed by atoms with E-state index in [1.165, 1.54) is 11.1 Å². The minimum atomic E-state index is 0.871. The Hall–Kier alpha value is -1.77. The van der Waals surface area contributed by atoms with Gasteiger partial charge in [-0.25, -0.2) is 0 Å². The molecule has 0 saturated carbocycles. The van der Waals surface area contributed by atoms with E-state index in [2.05, 4.69) is 65.6 Å². The van der Waals surface area contributed by atoms with Crippen LogP contribution in [0.25, 0.3) is 0 Å². The van der Waals surface area contributed by atoms with Crippen molar-refractivity contribution in [3.63, 3.8) is 0 Å². The van der Waals surface area contributed by atoms with Crippen LogP contribution in [0.15, 0.2) is 41.4 Å². The molecule has 0 aliphatic heterocycles. The maximum atomic E-state index is 4.32. The molecule has 0 amide bonds. The number of aryl methyl sites for hydroxylation is 1. The summed E-state index contributed by atoms with van der Waals surface area (Å²) in [4.78, 5) is 6.47. The van der Waals surface area contributed by atoms with E-state index in [0.717, 1.165) is 25.5 Å². The van der Waals surface area contributed by atoms with Crippen LogP contribution in [0.5, 0.6) is 0 Å². The van der Waals surface area contributed by atoms with Crippen molar-refractivity contribution in [1.82, 2.24) is 10.2 Å². The molecule has 0 spiro atoms. The maximum Gasteiger partial charge on any atom is 0.193 e. The van der Waals surface area contributed by atoms with E-state index in [0.29, 0.717) is 0 Å². The van der Waals surface area contributed by atoms with Crippen molar-refractivity contribution in [2.24, 2.45) is 4.99 Å². The molecule has 104 valence electrons. The lowest BCUT2D eigenvalue weighted by Crippen LogP contribution is -2.38. The number of benzene rings is 1. The van der Waals surface area contributed by atoms with E-state index in [-0.39, 0.29) is 0 Å². The van der Waals surface area contributed by atoms with E-state index in [1.807, 2.05) is 14.0 Å². The van der Waals surface area contributed by atoms with Gasteiger partial charge in [0, 0.05) is 27.2 Å². The summed E-state index contributed by atoms with van der Waals surface area (Å²) >= 11 is 0. The third-order valence-electron chi connectivity index (χ3n) is 3.07. The first-order chi connectivity index (χ1) is 9.19. The van der Waals surface area contributed by atoms with Crippen LogP contribution >= 0.6 is 0 Å². The second kappa shape index (κ2) is 8.35. The minimum Gasteiger partial charge on any atom is -0.356 e. The predicted molar refractivity (Wildman–Crippen MR) is 83.4 cm³/mol. The molecule has 0 radical (unpaired) electrons. The van der Waals surface area contributed by atoms with Gasteiger partial charge in [-0.1, -0.05) is 36.4 Å². The molecule has 1 rings (SSSR count). The second-order valence-corrected chi connectivity index (χ2v) is 4.61. The number of rotatable bonds is 5. The van der Waals surface area contributed by atoms with Crippen molar-refractivity contribution in [3.05, 3.63) is 47.5 Å². The Morgan fingerprint density at radius 2 is 2.11 bits per heavy atom. The number of nitrogens with zero attached hydrogens (tertiary/aromatic N) is 2. The highest BCUT2D eigenvalue weighted by Gasteiger charge is 2.06. The zero-order chi connectivity index (χ0) is 14.1. The largest absolute Gasteiger partial charge is 0.356 e. The molecule has 0 saturated heterocycles. The van der Waals surface area contributed by atoms with Gasteiger partial charge in [0.1, 0.15) is 0 Å². The summed E-state index contributed by atoms with van der Waals surface area (Å²) < 4.78 is 0. The van der Waals surface area contributed by atoms with Gasteiger partial charge in [-0.2, -0.15) is 0 Å². The fourth-order valence-corrected chi connectivity index (χ4v) is 1.94. The molecule has 0 atom stereocenters. The highest BCUT2D eigenvalue weighted by atomic mass is 15.3. The van der Waals surface area contributed by atoms with Gasteiger partial charge in [-0.05, 0) is 31.4 Å². The molecule has 0 bridgehead atoms. The monoisotopic (exact) mass is 259 g/mol. The highest BCUT2D eigenvalue weighted by Crippen LogP contribution is 2.09. The van der Waals surface area contributed by atoms with Crippen molar-refractivity contribution < 1.29 is 0 Å². The van der Waals surface area contributed by atoms with Crippen LogP contribution in [-0.4, -0.2) is 31.5 Å². The van der Waals surface area contributed by atoms with Gasteiger partial charge in [0.25, 0.3) is 0 Å². The van der Waals surface area contributed by atoms with Crippen LogP contribution in [0.4, 0.5) is 0 Å². The molecule has 1 aromatic rings. The topological polar surface area (TPSA) is 27.6 Å². The van der Waals surface area contributed by atoms with Crippen molar-refractivity contribution in [2.75, 3.05) is 20.6 Å². The number of aliphatic imine (C=N–C) groups is 1. The fraction of sp³-hybridized carbons (Fsp3) is 0.438. The number of allylic oxidation sites excluding steroid dienone is 1. The normalized spacial score (nSPS) is 11.9. The standard InChI is InChI=1S/C16H25N3/c1-5-6-9-12-18-16(17-3)19(4)13-15-11-8-7-10-14(15)2/h5-8,10-11H,9,12-13H2,1-4H3,(H,17,18)/b6-5+. The number of guanidine groups is 1. The molecule has 3 heteroatoms. The molecule has 0 aromatic heterocycles. The summed E-state index contributed by atoms with van der Waals surface area (Å²) in [5.41, 5.74) is 2.65. The molecule has 0 fully saturated rings.